The molecule has 4 aromatic heterocycles. The molecule has 0 unspecified atom stereocenters. The van der Waals surface area contributed by atoms with Crippen molar-refractivity contribution in [3.8, 4) is 45.0 Å². The van der Waals surface area contributed by atoms with Crippen LogP contribution >= 0.6 is 0 Å². The lowest BCUT2D eigenvalue weighted by molar-refractivity contribution is 0.591. The third-order valence-electron chi connectivity index (χ3n) is 26.2. The van der Waals surface area contributed by atoms with Crippen molar-refractivity contribution >= 4 is 87.2 Å². The molecule has 0 aliphatic heterocycles. The highest BCUT2D eigenvalue weighted by atomic mass is 15.0. The Kier molecular flexibility index (Phi) is 17.2. The summed E-state index contributed by atoms with van der Waals surface area (Å²) in [5.41, 5.74) is 39.4. The number of hydrogen-bond donors (Lipinski definition) is 0. The minimum Gasteiger partial charge on any atom is -0.309 e. The highest BCUT2D eigenvalue weighted by molar-refractivity contribution is 6.13. The molecular weight excluding hydrogens is 1440 g/mol. The van der Waals surface area contributed by atoms with E-state index in [2.05, 4.69) is 441 Å². The van der Waals surface area contributed by atoms with E-state index in [4.69, 9.17) is 0 Å². The zero-order chi connectivity index (χ0) is 81.1. The summed E-state index contributed by atoms with van der Waals surface area (Å²) in [7, 11) is 0. The summed E-state index contributed by atoms with van der Waals surface area (Å²) in [6.45, 7) is 27.1. The molecule has 0 bridgehead atoms. The summed E-state index contributed by atoms with van der Waals surface area (Å²) in [5.74, 6) is 1.18. The molecule has 0 N–H and O–H groups in total. The maximum absolute atomic E-state index is 2.52. The second-order valence-electron chi connectivity index (χ2n) is 36.2. The Labute approximate surface area is 698 Å². The molecule has 119 heavy (non-hydrogen) atoms. The van der Waals surface area contributed by atoms with Gasteiger partial charge < -0.3 is 18.3 Å². The topological polar surface area (TPSA) is 19.7 Å². The Morgan fingerprint density at radius 3 is 0.731 bits per heavy atom. The molecule has 0 amide bonds. The SMILES string of the molecule is Cc1ccc2c(c1)c1cc(C(C)(C)C)ccc1n2-c1cccc(C2(c3cccc(-n4c5ccc(CC(C)C)cc5c5cc(CC(C)C)ccc54)c3)c3ccccc3-c3ccccc32)c1.Cc1ccc2c(c1)c1cc(C)ccc1n2-c1cccc(C2(c3cccc(-n4c5ccc(C)cc5c5cc(C)ccc54)c3)c3ccccc3-c3ccccc32)c1. The van der Waals surface area contributed by atoms with Gasteiger partial charge in [-0.3, -0.25) is 0 Å². The molecule has 0 spiro atoms. The van der Waals surface area contributed by atoms with E-state index in [0.29, 0.717) is 11.8 Å². The Bertz CT molecular complexity index is 7100. The third-order valence-corrected chi connectivity index (χ3v) is 26.2. The van der Waals surface area contributed by atoms with Gasteiger partial charge in [-0.05, 0) is 294 Å². The quantitative estimate of drug-likeness (QED) is 0.116. The van der Waals surface area contributed by atoms with Crippen molar-refractivity contribution in [3.63, 3.8) is 0 Å². The van der Waals surface area contributed by atoms with Gasteiger partial charge in [0.2, 0.25) is 0 Å². The van der Waals surface area contributed by atoms with Crippen LogP contribution in [0.5, 0.6) is 0 Å². The van der Waals surface area contributed by atoms with Crippen molar-refractivity contribution in [1.82, 2.24) is 18.3 Å². The van der Waals surface area contributed by atoms with Gasteiger partial charge in [-0.15, -0.1) is 0 Å². The van der Waals surface area contributed by atoms with E-state index in [-0.39, 0.29) is 5.41 Å². The Balaban J connectivity index is 0.000000149. The highest BCUT2D eigenvalue weighted by Gasteiger charge is 2.48. The van der Waals surface area contributed by atoms with Crippen molar-refractivity contribution in [3.05, 3.63) is 429 Å². The van der Waals surface area contributed by atoms with Crippen LogP contribution in [0.2, 0.25) is 0 Å². The number of benzene rings is 16. The van der Waals surface area contributed by atoms with Gasteiger partial charge in [0.25, 0.3) is 0 Å². The van der Waals surface area contributed by atoms with Crippen LogP contribution in [-0.2, 0) is 29.1 Å². The standard InChI is InChI=1S/C62H58N2.C53H40N2/c1-39(2)31-42-24-28-58-52(34-42)53-35-43(32-40(3)4)25-29-59(53)64(58)48-18-14-16-46(37-48)62(55-21-11-9-19-49(55)50-20-10-12-22-56(50)62)45-15-13-17-47(36-45)63-57-27-23-41(5)33-51(57)54-38-44(61(6,7)8)26-30-60(54)63;1-33-19-23-49-43(27-33)44-28-34(2)20-24-50(44)54(49)39-13-9-11-37(31-39)53(47-17-7-5-15-41(47)42-16-6-8-18-48(42)53)38-12-10-14-40(32-38)55-51-25-21-35(3)29-45(51)46-30-36(4)22-26-52(46)55/h9-30,33-40H,31-32H2,1-8H3;5-32H,1-4H3. The Hall–Kier alpha value is -13.3. The van der Waals surface area contributed by atoms with E-state index in [1.54, 1.807) is 0 Å². The summed E-state index contributed by atoms with van der Waals surface area (Å²) in [4.78, 5) is 0. The second kappa shape index (κ2) is 28.0. The molecule has 0 atom stereocenters. The van der Waals surface area contributed by atoms with Crippen LogP contribution < -0.4 is 0 Å². The maximum Gasteiger partial charge on any atom is 0.0715 e. The van der Waals surface area contributed by atoms with E-state index in [0.717, 1.165) is 24.2 Å². The van der Waals surface area contributed by atoms with Gasteiger partial charge in [0.05, 0.1) is 55.0 Å². The van der Waals surface area contributed by atoms with E-state index in [1.165, 1.54) is 210 Å². The zero-order valence-electron chi connectivity index (χ0n) is 70.2. The van der Waals surface area contributed by atoms with Gasteiger partial charge >= 0.3 is 0 Å². The van der Waals surface area contributed by atoms with Crippen LogP contribution in [0.3, 0.4) is 0 Å². The Morgan fingerprint density at radius 2 is 0.471 bits per heavy atom. The number of aromatic nitrogens is 4. The number of nitrogens with zero attached hydrogens (tertiary/aromatic N) is 4. The van der Waals surface area contributed by atoms with E-state index in [9.17, 15) is 0 Å². The summed E-state index contributed by atoms with van der Waals surface area (Å²) in [6, 6.07) is 130. The van der Waals surface area contributed by atoms with Crippen LogP contribution in [0.4, 0.5) is 0 Å². The number of fused-ring (bicyclic) bond motifs is 18. The minimum atomic E-state index is -0.582. The van der Waals surface area contributed by atoms with Crippen LogP contribution in [0.25, 0.3) is 132 Å². The van der Waals surface area contributed by atoms with Gasteiger partial charge in [0.1, 0.15) is 0 Å². The molecule has 0 fully saturated rings. The molecule has 4 nitrogen and oxygen atoms in total. The fraction of sp³-hybridized carbons (Fsp3) is 0.165. The third kappa shape index (κ3) is 11.6. The molecular formula is C115H98N4. The van der Waals surface area contributed by atoms with Crippen molar-refractivity contribution in [2.45, 2.75) is 112 Å². The lowest BCUT2D eigenvalue weighted by Gasteiger charge is -2.34. The maximum atomic E-state index is 2.52. The normalized spacial score (nSPS) is 13.4. The molecule has 20 aromatic rings. The predicted molar refractivity (Wildman–Crippen MR) is 504 cm³/mol. The first kappa shape index (κ1) is 73.4. The van der Waals surface area contributed by atoms with Gasteiger partial charge in [0.15, 0.2) is 0 Å². The fourth-order valence-corrected chi connectivity index (χ4v) is 21.1. The van der Waals surface area contributed by atoms with Gasteiger partial charge in [-0.1, -0.05) is 270 Å². The molecule has 0 saturated carbocycles. The molecule has 22 rings (SSSR count). The first-order valence-corrected chi connectivity index (χ1v) is 42.8. The molecule has 0 saturated heterocycles. The van der Waals surface area contributed by atoms with E-state index in [1.807, 2.05) is 0 Å². The molecule has 4 heteroatoms. The fourth-order valence-electron chi connectivity index (χ4n) is 21.1. The van der Waals surface area contributed by atoms with Crippen LogP contribution in [0.1, 0.15) is 137 Å². The van der Waals surface area contributed by atoms with Crippen molar-refractivity contribution in [1.29, 1.82) is 0 Å². The lowest BCUT2D eigenvalue weighted by atomic mass is 9.67. The van der Waals surface area contributed by atoms with E-state index >= 15 is 0 Å². The first-order chi connectivity index (χ1) is 57.8. The number of hydrogen-bond acceptors (Lipinski definition) is 0. The van der Waals surface area contributed by atoms with E-state index < -0.39 is 10.8 Å². The van der Waals surface area contributed by atoms with Crippen LogP contribution in [-0.4, -0.2) is 18.3 Å². The van der Waals surface area contributed by atoms with Crippen molar-refractivity contribution in [2.75, 3.05) is 0 Å². The summed E-state index contributed by atoms with van der Waals surface area (Å²) in [5, 5.41) is 10.4. The predicted octanol–water partition coefficient (Wildman–Crippen LogP) is 29.7. The smallest absolute Gasteiger partial charge is 0.0715 e. The minimum absolute atomic E-state index is 0.0448. The molecule has 2 aliphatic carbocycles. The largest absolute Gasteiger partial charge is 0.309 e. The first-order valence-electron chi connectivity index (χ1n) is 42.8. The average molecular weight is 1540 g/mol. The number of rotatable bonds is 12. The lowest BCUT2D eigenvalue weighted by Crippen LogP contribution is -2.29. The van der Waals surface area contributed by atoms with Crippen molar-refractivity contribution < 1.29 is 0 Å². The average Bonchev–Trinajstić information content (AvgIpc) is 1.55. The number of aryl methyl sites for hydroxylation is 5. The molecule has 578 valence electrons. The Morgan fingerprint density at radius 1 is 0.235 bits per heavy atom. The monoisotopic (exact) mass is 1530 g/mol. The van der Waals surface area contributed by atoms with Crippen LogP contribution in [0.15, 0.2) is 340 Å². The summed E-state index contributed by atoms with van der Waals surface area (Å²) >= 11 is 0. The molecule has 4 heterocycles. The van der Waals surface area contributed by atoms with Crippen molar-refractivity contribution in [2.24, 2.45) is 11.8 Å². The molecule has 16 aromatic carbocycles. The van der Waals surface area contributed by atoms with Gasteiger partial charge in [-0.2, -0.15) is 0 Å². The van der Waals surface area contributed by atoms with Crippen LogP contribution in [0, 0.1) is 46.5 Å². The van der Waals surface area contributed by atoms with Gasteiger partial charge in [0, 0.05) is 65.8 Å². The summed E-state index contributed by atoms with van der Waals surface area (Å²) < 4.78 is 9.95. The second-order valence-corrected chi connectivity index (χ2v) is 36.2. The zero-order valence-corrected chi connectivity index (χ0v) is 70.2. The highest BCUT2D eigenvalue weighted by Crippen LogP contribution is 2.59. The summed E-state index contributed by atoms with van der Waals surface area (Å²) in [6.07, 6.45) is 2.13. The van der Waals surface area contributed by atoms with Gasteiger partial charge in [-0.25, -0.2) is 0 Å². The molecule has 2 aliphatic rings. The molecule has 0 radical (unpaired) electrons.